The minimum absolute atomic E-state index is 0.0191. The van der Waals surface area contributed by atoms with Gasteiger partial charge in [0.05, 0.1) is 23.6 Å². The predicted molar refractivity (Wildman–Crippen MR) is 84.4 cm³/mol. The van der Waals surface area contributed by atoms with E-state index in [-0.39, 0.29) is 10.7 Å². The number of methoxy groups -OCH3 is 1. The molecule has 0 fully saturated rings. The largest absolute Gasteiger partial charge is 0.466 e. The summed E-state index contributed by atoms with van der Waals surface area (Å²) in [6, 6.07) is 3.66. The molecule has 1 aliphatic heterocycles. The molecule has 0 saturated carbocycles. The Balaban J connectivity index is 2.55. The molecule has 2 N–H and O–H groups in total. The van der Waals surface area contributed by atoms with Gasteiger partial charge in [-0.15, -0.1) is 0 Å². The monoisotopic (exact) mass is 341 g/mol. The zero-order valence-corrected chi connectivity index (χ0v) is 13.2. The second-order valence-corrected chi connectivity index (χ2v) is 5.35. The van der Waals surface area contributed by atoms with Gasteiger partial charge in [0.25, 0.3) is 5.69 Å². The number of esters is 1. The molecule has 1 aromatic carbocycles. The van der Waals surface area contributed by atoms with Gasteiger partial charge < -0.3 is 15.4 Å². The van der Waals surface area contributed by atoms with Crippen LogP contribution in [0.5, 0.6) is 0 Å². The number of carbonyl (C=O) groups is 1. The summed E-state index contributed by atoms with van der Waals surface area (Å²) in [7, 11) is 1.26. The van der Waals surface area contributed by atoms with E-state index in [2.05, 4.69) is 10.6 Å². The van der Waals surface area contributed by atoms with E-state index in [9.17, 15) is 14.9 Å². The first-order valence-electron chi connectivity index (χ1n) is 6.15. The number of nitro groups is 1. The van der Waals surface area contributed by atoms with Gasteiger partial charge >= 0.3 is 5.97 Å². The second kappa shape index (κ2) is 6.29. The summed E-state index contributed by atoms with van der Waals surface area (Å²) >= 11 is 10.9. The minimum Gasteiger partial charge on any atom is -0.466 e. The topological polar surface area (TPSA) is 93.5 Å². The number of hydrogen-bond donors (Lipinski definition) is 2. The Morgan fingerprint density at radius 2 is 2.18 bits per heavy atom. The lowest BCUT2D eigenvalue weighted by Crippen LogP contribution is -2.45. The Morgan fingerprint density at radius 1 is 1.50 bits per heavy atom. The number of nitrogens with zero attached hydrogens (tertiary/aromatic N) is 1. The zero-order chi connectivity index (χ0) is 16.4. The van der Waals surface area contributed by atoms with E-state index in [4.69, 9.17) is 28.6 Å². The Morgan fingerprint density at radius 3 is 2.77 bits per heavy atom. The highest BCUT2D eigenvalue weighted by atomic mass is 35.5. The fourth-order valence-corrected chi connectivity index (χ4v) is 2.63. The van der Waals surface area contributed by atoms with E-state index < -0.39 is 16.9 Å². The van der Waals surface area contributed by atoms with Crippen LogP contribution in [0.3, 0.4) is 0 Å². The van der Waals surface area contributed by atoms with Crippen LogP contribution in [-0.4, -0.2) is 23.1 Å². The number of halogens is 1. The maximum Gasteiger partial charge on any atom is 0.337 e. The van der Waals surface area contributed by atoms with Crippen molar-refractivity contribution < 1.29 is 14.5 Å². The molecule has 9 heteroatoms. The molecule has 1 aromatic rings. The molecule has 2 rings (SSSR count). The molecule has 1 aliphatic rings. The van der Waals surface area contributed by atoms with Crippen molar-refractivity contribution in [3.05, 3.63) is 50.2 Å². The fourth-order valence-electron chi connectivity index (χ4n) is 2.17. The average molecular weight is 342 g/mol. The van der Waals surface area contributed by atoms with Crippen LogP contribution in [-0.2, 0) is 9.53 Å². The number of carbonyl (C=O) groups excluding carboxylic acids is 1. The SMILES string of the molecule is COC(=O)C1=C(C)NC(=S)NC1c1ccc(Cl)c([N+](=O)[O-])c1. The van der Waals surface area contributed by atoms with Crippen LogP contribution in [0.15, 0.2) is 29.5 Å². The van der Waals surface area contributed by atoms with E-state index >= 15 is 0 Å². The maximum absolute atomic E-state index is 12.0. The molecule has 1 heterocycles. The van der Waals surface area contributed by atoms with E-state index in [0.717, 1.165) is 0 Å². The highest BCUT2D eigenvalue weighted by molar-refractivity contribution is 7.80. The summed E-state index contributed by atoms with van der Waals surface area (Å²) in [6.45, 7) is 1.68. The highest BCUT2D eigenvalue weighted by Gasteiger charge is 2.31. The quantitative estimate of drug-likeness (QED) is 0.377. The number of benzene rings is 1. The van der Waals surface area contributed by atoms with Gasteiger partial charge in [0, 0.05) is 11.8 Å². The summed E-state index contributed by atoms with van der Waals surface area (Å²) in [5, 5.41) is 17.1. The molecule has 22 heavy (non-hydrogen) atoms. The van der Waals surface area contributed by atoms with Gasteiger partial charge in [0.2, 0.25) is 0 Å². The normalized spacial score (nSPS) is 17.6. The summed E-state index contributed by atoms with van der Waals surface area (Å²) in [4.78, 5) is 22.4. The van der Waals surface area contributed by atoms with Gasteiger partial charge in [-0.25, -0.2) is 4.79 Å². The molecule has 1 unspecified atom stereocenters. The van der Waals surface area contributed by atoms with Crippen molar-refractivity contribution in [2.24, 2.45) is 0 Å². The number of allylic oxidation sites excluding steroid dienone is 1. The summed E-state index contributed by atoms with van der Waals surface area (Å²) in [5.74, 6) is -0.553. The van der Waals surface area contributed by atoms with Crippen LogP contribution in [0.2, 0.25) is 5.02 Å². The number of ether oxygens (including phenoxy) is 1. The lowest BCUT2D eigenvalue weighted by Gasteiger charge is -2.29. The minimum atomic E-state index is -0.655. The van der Waals surface area contributed by atoms with Crippen molar-refractivity contribution in [2.45, 2.75) is 13.0 Å². The molecule has 0 spiro atoms. The summed E-state index contributed by atoms with van der Waals surface area (Å²) < 4.78 is 4.77. The van der Waals surface area contributed by atoms with Gasteiger partial charge in [-0.1, -0.05) is 17.7 Å². The van der Waals surface area contributed by atoms with Crippen LogP contribution in [0.4, 0.5) is 5.69 Å². The molecule has 7 nitrogen and oxygen atoms in total. The number of hydrogen-bond acceptors (Lipinski definition) is 5. The first-order valence-corrected chi connectivity index (χ1v) is 6.94. The average Bonchev–Trinajstić information content (AvgIpc) is 2.46. The van der Waals surface area contributed by atoms with Gasteiger partial charge in [0.15, 0.2) is 5.11 Å². The van der Waals surface area contributed by atoms with Gasteiger partial charge in [0.1, 0.15) is 5.02 Å². The first-order chi connectivity index (χ1) is 10.3. The number of thiocarbonyl (C=S) groups is 1. The second-order valence-electron chi connectivity index (χ2n) is 4.53. The lowest BCUT2D eigenvalue weighted by atomic mass is 9.95. The number of rotatable bonds is 3. The standard InChI is InChI=1S/C13H12ClN3O4S/c1-6-10(12(18)21-2)11(16-13(22)15-6)7-3-4-8(14)9(5-7)17(19)20/h3-5,11H,1-2H3,(H2,15,16,22). The summed E-state index contributed by atoms with van der Waals surface area (Å²) in [5.41, 5.74) is 1.07. The molecule has 0 radical (unpaired) electrons. The third kappa shape index (κ3) is 3.02. The van der Waals surface area contributed by atoms with E-state index in [1.165, 1.54) is 19.2 Å². The van der Waals surface area contributed by atoms with Crippen molar-refractivity contribution in [2.75, 3.05) is 7.11 Å². The molecule has 0 bridgehead atoms. The third-order valence-corrected chi connectivity index (χ3v) is 3.71. The first kappa shape index (κ1) is 16.2. The maximum atomic E-state index is 12.0. The lowest BCUT2D eigenvalue weighted by molar-refractivity contribution is -0.384. The molecule has 116 valence electrons. The predicted octanol–water partition coefficient (Wildman–Crippen LogP) is 2.21. The smallest absolute Gasteiger partial charge is 0.337 e. The zero-order valence-electron chi connectivity index (χ0n) is 11.7. The molecule has 0 aliphatic carbocycles. The fraction of sp³-hybridized carbons (Fsp3) is 0.231. The van der Waals surface area contributed by atoms with Crippen LogP contribution in [0, 0.1) is 10.1 Å². The van der Waals surface area contributed by atoms with Gasteiger partial charge in [-0.2, -0.15) is 0 Å². The molecule has 1 atom stereocenters. The van der Waals surface area contributed by atoms with E-state index in [1.807, 2.05) is 0 Å². The van der Waals surface area contributed by atoms with Gasteiger partial charge in [-0.05, 0) is 30.8 Å². The highest BCUT2D eigenvalue weighted by Crippen LogP contribution is 2.32. The van der Waals surface area contributed by atoms with Crippen molar-refractivity contribution in [3.8, 4) is 0 Å². The summed E-state index contributed by atoms with van der Waals surface area (Å²) in [6.07, 6.45) is 0. The Labute approximate surface area is 136 Å². The Kier molecular flexibility index (Phi) is 4.62. The molecule has 0 amide bonds. The molecular formula is C13H12ClN3O4S. The third-order valence-electron chi connectivity index (χ3n) is 3.17. The molecule has 0 saturated heterocycles. The Bertz CT molecular complexity index is 705. The molecule has 0 aromatic heterocycles. The molecular weight excluding hydrogens is 330 g/mol. The number of nitrogens with one attached hydrogen (secondary N) is 2. The van der Waals surface area contributed by atoms with Crippen molar-refractivity contribution >= 4 is 40.6 Å². The van der Waals surface area contributed by atoms with Crippen molar-refractivity contribution in [3.63, 3.8) is 0 Å². The van der Waals surface area contributed by atoms with Crippen molar-refractivity contribution in [1.29, 1.82) is 0 Å². The number of nitro benzene ring substituents is 1. The van der Waals surface area contributed by atoms with Crippen LogP contribution < -0.4 is 10.6 Å². The Hall–Kier alpha value is -2.19. The van der Waals surface area contributed by atoms with Crippen LogP contribution in [0.25, 0.3) is 0 Å². The van der Waals surface area contributed by atoms with Crippen LogP contribution in [0.1, 0.15) is 18.5 Å². The van der Waals surface area contributed by atoms with Crippen LogP contribution >= 0.6 is 23.8 Å². The van der Waals surface area contributed by atoms with Gasteiger partial charge in [-0.3, -0.25) is 10.1 Å². The van der Waals surface area contributed by atoms with E-state index in [0.29, 0.717) is 21.9 Å². The van der Waals surface area contributed by atoms with E-state index in [1.54, 1.807) is 13.0 Å². The van der Waals surface area contributed by atoms with Crippen molar-refractivity contribution in [1.82, 2.24) is 10.6 Å².